The van der Waals surface area contributed by atoms with Gasteiger partial charge in [-0.05, 0) is 70.6 Å². The molecule has 61 heavy (non-hydrogen) atoms. The lowest BCUT2D eigenvalue weighted by atomic mass is 10.0. The van der Waals surface area contributed by atoms with Crippen molar-refractivity contribution in [3.8, 4) is 0 Å². The van der Waals surface area contributed by atoms with Crippen molar-refractivity contribution in [2.75, 3.05) is 13.2 Å². The quantitative estimate of drug-likeness (QED) is 0.0263. The zero-order valence-corrected chi connectivity index (χ0v) is 40.4. The fourth-order valence-corrected chi connectivity index (χ4v) is 7.38. The van der Waals surface area contributed by atoms with Crippen molar-refractivity contribution in [2.45, 2.75) is 271 Å². The Morgan fingerprint density at radius 3 is 1.07 bits per heavy atom. The summed E-state index contributed by atoms with van der Waals surface area (Å²) in [5.41, 5.74) is 0. The molecule has 0 amide bonds. The van der Waals surface area contributed by atoms with E-state index in [2.05, 4.69) is 69.4 Å². The van der Waals surface area contributed by atoms with Crippen LogP contribution in [0.1, 0.15) is 265 Å². The number of unbranched alkanes of at least 4 members (excludes halogenated alkanes) is 28. The molecule has 0 radical (unpaired) electrons. The van der Waals surface area contributed by atoms with Gasteiger partial charge in [0.05, 0.1) is 0 Å². The molecule has 0 aliphatic heterocycles. The third-order valence-electron chi connectivity index (χ3n) is 11.3. The van der Waals surface area contributed by atoms with E-state index in [0.717, 1.165) is 109 Å². The molecule has 6 heteroatoms. The molecule has 0 N–H and O–H groups in total. The molecule has 0 aliphatic carbocycles. The van der Waals surface area contributed by atoms with Gasteiger partial charge in [-0.15, -0.1) is 0 Å². The van der Waals surface area contributed by atoms with Gasteiger partial charge in [0, 0.05) is 19.3 Å². The first kappa shape index (κ1) is 58.4. The zero-order valence-electron chi connectivity index (χ0n) is 40.4. The topological polar surface area (TPSA) is 78.9 Å². The predicted molar refractivity (Wildman–Crippen MR) is 261 cm³/mol. The van der Waals surface area contributed by atoms with Crippen molar-refractivity contribution in [2.24, 2.45) is 0 Å². The Bertz CT molecular complexity index is 1070. The van der Waals surface area contributed by atoms with Gasteiger partial charge in [-0.1, -0.05) is 223 Å². The van der Waals surface area contributed by atoms with Crippen LogP contribution in [-0.2, 0) is 28.6 Å². The summed E-state index contributed by atoms with van der Waals surface area (Å²) in [5.74, 6) is -0.899. The van der Waals surface area contributed by atoms with Gasteiger partial charge in [0.2, 0.25) is 0 Å². The standard InChI is InChI=1S/C55H98O6/c1-4-7-10-13-16-19-22-24-26-27-29-31-34-36-39-42-45-48-54(57)60-51-52(61-55(58)49-46-43-40-37-32-21-18-15-12-9-6-3)50-59-53(56)47-44-41-38-35-33-30-28-25-23-20-17-14-11-8-5-2/h8,11,15,17-18,20,25,28,52H,4-7,9-10,12-14,16,19,21-24,26-27,29-51H2,1-3H3/b11-8-,18-15-,20-17-,28-25-/t52-/m1/s1. The van der Waals surface area contributed by atoms with E-state index in [4.69, 9.17) is 14.2 Å². The van der Waals surface area contributed by atoms with E-state index in [1.54, 1.807) is 0 Å². The van der Waals surface area contributed by atoms with Crippen molar-refractivity contribution in [3.05, 3.63) is 48.6 Å². The average molecular weight is 855 g/mol. The van der Waals surface area contributed by atoms with E-state index < -0.39 is 6.10 Å². The van der Waals surface area contributed by atoms with Crippen LogP contribution in [0.2, 0.25) is 0 Å². The van der Waals surface area contributed by atoms with Crippen LogP contribution < -0.4 is 0 Å². The summed E-state index contributed by atoms with van der Waals surface area (Å²) < 4.78 is 16.8. The molecule has 0 rings (SSSR count). The highest BCUT2D eigenvalue weighted by molar-refractivity contribution is 5.71. The SMILES string of the molecule is CC/C=C\C/C=C\C/C=C\CCCCCCCC(=O)OC[C@H](COC(=O)CCCCCCCCCCCCCCCCCCC)OC(=O)CCCCCCC/C=C\CCCC. The summed E-state index contributed by atoms with van der Waals surface area (Å²) >= 11 is 0. The number of carbonyl (C=O) groups excluding carboxylic acids is 3. The molecule has 0 aromatic rings. The number of rotatable bonds is 47. The first-order chi connectivity index (χ1) is 30.0. The fraction of sp³-hybridized carbons (Fsp3) is 0.800. The van der Waals surface area contributed by atoms with E-state index >= 15 is 0 Å². The molecule has 0 spiro atoms. The Hall–Kier alpha value is -2.63. The maximum Gasteiger partial charge on any atom is 0.306 e. The van der Waals surface area contributed by atoms with Crippen LogP contribution >= 0.6 is 0 Å². The second kappa shape index (κ2) is 50.0. The number of hydrogen-bond donors (Lipinski definition) is 0. The molecule has 0 bridgehead atoms. The molecular weight excluding hydrogens is 757 g/mol. The fourth-order valence-electron chi connectivity index (χ4n) is 7.38. The van der Waals surface area contributed by atoms with Crippen LogP contribution in [-0.4, -0.2) is 37.2 Å². The molecule has 0 heterocycles. The summed E-state index contributed by atoms with van der Waals surface area (Å²) in [6, 6.07) is 0. The molecule has 0 unspecified atom stereocenters. The smallest absolute Gasteiger partial charge is 0.306 e. The van der Waals surface area contributed by atoms with Crippen LogP contribution in [0.15, 0.2) is 48.6 Å². The van der Waals surface area contributed by atoms with Crippen LogP contribution in [0.3, 0.4) is 0 Å². The largest absolute Gasteiger partial charge is 0.462 e. The van der Waals surface area contributed by atoms with E-state index in [9.17, 15) is 14.4 Å². The minimum absolute atomic E-state index is 0.0797. The summed E-state index contributed by atoms with van der Waals surface area (Å²) in [6.45, 7) is 6.49. The second-order valence-electron chi connectivity index (χ2n) is 17.4. The predicted octanol–water partition coefficient (Wildman–Crippen LogP) is 17.1. The molecule has 0 saturated heterocycles. The zero-order chi connectivity index (χ0) is 44.4. The van der Waals surface area contributed by atoms with Crippen molar-refractivity contribution >= 4 is 17.9 Å². The van der Waals surface area contributed by atoms with Crippen LogP contribution in [0.4, 0.5) is 0 Å². The van der Waals surface area contributed by atoms with E-state index in [0.29, 0.717) is 19.3 Å². The van der Waals surface area contributed by atoms with Crippen molar-refractivity contribution in [3.63, 3.8) is 0 Å². The molecule has 6 nitrogen and oxygen atoms in total. The number of hydrogen-bond acceptors (Lipinski definition) is 6. The number of carbonyl (C=O) groups is 3. The van der Waals surface area contributed by atoms with Gasteiger partial charge in [-0.3, -0.25) is 14.4 Å². The maximum absolute atomic E-state index is 12.8. The number of ether oxygens (including phenoxy) is 3. The molecule has 0 saturated carbocycles. The molecule has 0 fully saturated rings. The molecule has 0 aromatic carbocycles. The Balaban J connectivity index is 4.34. The van der Waals surface area contributed by atoms with Gasteiger partial charge in [-0.25, -0.2) is 0 Å². The highest BCUT2D eigenvalue weighted by atomic mass is 16.6. The van der Waals surface area contributed by atoms with Crippen molar-refractivity contribution in [1.29, 1.82) is 0 Å². The minimum atomic E-state index is -0.781. The van der Waals surface area contributed by atoms with Crippen LogP contribution in [0.5, 0.6) is 0 Å². The highest BCUT2D eigenvalue weighted by Gasteiger charge is 2.19. The first-order valence-corrected chi connectivity index (χ1v) is 26.1. The van der Waals surface area contributed by atoms with E-state index in [1.807, 2.05) is 0 Å². The van der Waals surface area contributed by atoms with E-state index in [-0.39, 0.29) is 31.1 Å². The van der Waals surface area contributed by atoms with Crippen molar-refractivity contribution in [1.82, 2.24) is 0 Å². The normalized spacial score (nSPS) is 12.4. The van der Waals surface area contributed by atoms with E-state index in [1.165, 1.54) is 116 Å². The molecule has 0 aliphatic rings. The second-order valence-corrected chi connectivity index (χ2v) is 17.4. The molecule has 354 valence electrons. The summed E-state index contributed by atoms with van der Waals surface area (Å²) in [5, 5.41) is 0. The summed E-state index contributed by atoms with van der Waals surface area (Å²) in [7, 11) is 0. The number of allylic oxidation sites excluding steroid dienone is 8. The lowest BCUT2D eigenvalue weighted by Crippen LogP contribution is -2.30. The monoisotopic (exact) mass is 855 g/mol. The molecule has 0 aromatic heterocycles. The van der Waals surface area contributed by atoms with Crippen LogP contribution in [0.25, 0.3) is 0 Å². The summed E-state index contributed by atoms with van der Waals surface area (Å²) in [4.78, 5) is 37.9. The van der Waals surface area contributed by atoms with Gasteiger partial charge >= 0.3 is 17.9 Å². The van der Waals surface area contributed by atoms with Gasteiger partial charge in [-0.2, -0.15) is 0 Å². The van der Waals surface area contributed by atoms with Gasteiger partial charge < -0.3 is 14.2 Å². The minimum Gasteiger partial charge on any atom is -0.462 e. The maximum atomic E-state index is 12.8. The Morgan fingerprint density at radius 2 is 0.656 bits per heavy atom. The highest BCUT2D eigenvalue weighted by Crippen LogP contribution is 2.16. The lowest BCUT2D eigenvalue weighted by Gasteiger charge is -2.18. The van der Waals surface area contributed by atoms with Crippen LogP contribution in [0, 0.1) is 0 Å². The lowest BCUT2D eigenvalue weighted by molar-refractivity contribution is -0.167. The van der Waals surface area contributed by atoms with Gasteiger partial charge in [0.15, 0.2) is 6.10 Å². The van der Waals surface area contributed by atoms with Gasteiger partial charge in [0.1, 0.15) is 13.2 Å². The molecular formula is C55H98O6. The Kier molecular flexibility index (Phi) is 47.9. The third-order valence-corrected chi connectivity index (χ3v) is 11.3. The van der Waals surface area contributed by atoms with Crippen molar-refractivity contribution < 1.29 is 28.6 Å². The number of esters is 3. The summed E-state index contributed by atoms with van der Waals surface area (Å²) in [6.07, 6.45) is 59.5. The van der Waals surface area contributed by atoms with Gasteiger partial charge in [0.25, 0.3) is 0 Å². The average Bonchev–Trinajstić information content (AvgIpc) is 3.26. The Morgan fingerprint density at radius 1 is 0.344 bits per heavy atom. The molecule has 1 atom stereocenters. The first-order valence-electron chi connectivity index (χ1n) is 26.1. The Labute approximate surface area is 378 Å². The third kappa shape index (κ3) is 48.3.